The summed E-state index contributed by atoms with van der Waals surface area (Å²) in [5.41, 5.74) is 2.16. The summed E-state index contributed by atoms with van der Waals surface area (Å²) in [6, 6.07) is 19.4. The van der Waals surface area contributed by atoms with Crippen LogP contribution in [0.15, 0.2) is 76.6 Å². The molecule has 1 aliphatic rings. The predicted molar refractivity (Wildman–Crippen MR) is 122 cm³/mol. The topological polar surface area (TPSA) is 61.8 Å². The van der Waals surface area contributed by atoms with Gasteiger partial charge >= 0.3 is 5.69 Å². The number of aromatic nitrogens is 4. The zero-order valence-electron chi connectivity index (χ0n) is 17.6. The third kappa shape index (κ3) is 3.32. The summed E-state index contributed by atoms with van der Waals surface area (Å²) >= 11 is 0. The van der Waals surface area contributed by atoms with Crippen molar-refractivity contribution in [3.8, 4) is 5.69 Å². The van der Waals surface area contributed by atoms with Gasteiger partial charge in [-0.1, -0.05) is 67.8 Å². The maximum absolute atomic E-state index is 13.7. The Labute approximate surface area is 180 Å². The zero-order chi connectivity index (χ0) is 21.4. The van der Waals surface area contributed by atoms with Gasteiger partial charge in [-0.2, -0.15) is 0 Å². The Bertz CT molecular complexity index is 1310. The lowest BCUT2D eigenvalue weighted by molar-refractivity contribution is 0.335. The highest BCUT2D eigenvalue weighted by molar-refractivity contribution is 5.73. The average Bonchev–Trinajstić information content (AvgIpc) is 3.26. The van der Waals surface area contributed by atoms with Gasteiger partial charge in [0.25, 0.3) is 5.56 Å². The van der Waals surface area contributed by atoms with Crippen LogP contribution >= 0.6 is 0 Å². The van der Waals surface area contributed by atoms with Gasteiger partial charge in [0.05, 0.1) is 18.1 Å². The van der Waals surface area contributed by atoms with Crippen LogP contribution in [0.1, 0.15) is 56.7 Å². The maximum Gasteiger partial charge on any atom is 0.337 e. The minimum absolute atomic E-state index is 0.0662. The molecule has 31 heavy (non-hydrogen) atoms. The minimum Gasteiger partial charge on any atom is -0.317 e. The highest BCUT2D eigenvalue weighted by Crippen LogP contribution is 2.27. The monoisotopic (exact) mass is 414 g/mol. The first-order valence-electron chi connectivity index (χ1n) is 11.0. The largest absolute Gasteiger partial charge is 0.337 e. The van der Waals surface area contributed by atoms with Crippen molar-refractivity contribution in [1.82, 2.24) is 18.7 Å². The molecule has 4 aromatic rings. The van der Waals surface area contributed by atoms with Crippen LogP contribution in [0.5, 0.6) is 0 Å². The first kappa shape index (κ1) is 19.5. The van der Waals surface area contributed by atoms with E-state index in [9.17, 15) is 9.59 Å². The fourth-order valence-corrected chi connectivity index (χ4v) is 4.78. The van der Waals surface area contributed by atoms with Crippen LogP contribution in [0.3, 0.4) is 0 Å². The Kier molecular flexibility index (Phi) is 5.06. The molecule has 158 valence electrons. The summed E-state index contributed by atoms with van der Waals surface area (Å²) in [6.45, 7) is 2.05. The molecule has 0 aliphatic heterocycles. The van der Waals surface area contributed by atoms with Crippen LogP contribution in [-0.4, -0.2) is 18.7 Å². The van der Waals surface area contributed by atoms with E-state index in [1.165, 1.54) is 4.57 Å². The van der Waals surface area contributed by atoms with Crippen molar-refractivity contribution in [3.63, 3.8) is 0 Å². The first-order chi connectivity index (χ1) is 15.2. The molecule has 2 heterocycles. The third-order valence-corrected chi connectivity index (χ3v) is 6.46. The first-order valence-corrected chi connectivity index (χ1v) is 11.0. The van der Waals surface area contributed by atoms with Gasteiger partial charge in [0, 0.05) is 6.04 Å². The van der Waals surface area contributed by atoms with E-state index < -0.39 is 0 Å². The molecule has 1 unspecified atom stereocenters. The van der Waals surface area contributed by atoms with Gasteiger partial charge in [0.2, 0.25) is 0 Å². The number of para-hydroxylation sites is 1. The Balaban J connectivity index is 1.81. The second kappa shape index (κ2) is 8.02. The number of benzene rings is 2. The van der Waals surface area contributed by atoms with Crippen molar-refractivity contribution >= 4 is 11.2 Å². The second-order valence-corrected chi connectivity index (χ2v) is 8.33. The van der Waals surface area contributed by atoms with E-state index in [0.29, 0.717) is 11.2 Å². The van der Waals surface area contributed by atoms with Crippen LogP contribution in [0.25, 0.3) is 16.9 Å². The SMILES string of the molecule is CC(c1ccccc1)n1cnc2c1c(=O)n(C1CCCCC1)c(=O)n2-c1ccccc1. The molecule has 6 heteroatoms. The van der Waals surface area contributed by atoms with E-state index in [1.807, 2.05) is 65.2 Å². The van der Waals surface area contributed by atoms with E-state index in [0.717, 1.165) is 43.4 Å². The van der Waals surface area contributed by atoms with Gasteiger partial charge in [-0.05, 0) is 37.5 Å². The van der Waals surface area contributed by atoms with E-state index in [1.54, 1.807) is 10.9 Å². The molecule has 0 amide bonds. The van der Waals surface area contributed by atoms with Crippen molar-refractivity contribution in [1.29, 1.82) is 0 Å². The second-order valence-electron chi connectivity index (χ2n) is 8.33. The number of imidazole rings is 1. The van der Waals surface area contributed by atoms with Crippen molar-refractivity contribution in [2.75, 3.05) is 0 Å². The summed E-state index contributed by atoms with van der Waals surface area (Å²) in [7, 11) is 0. The lowest BCUT2D eigenvalue weighted by atomic mass is 9.95. The molecule has 5 rings (SSSR count). The predicted octanol–water partition coefficient (Wildman–Crippen LogP) is 4.46. The van der Waals surface area contributed by atoms with Crippen LogP contribution in [0.4, 0.5) is 0 Å². The number of hydrogen-bond acceptors (Lipinski definition) is 3. The molecule has 0 spiro atoms. The molecule has 2 aromatic carbocycles. The summed E-state index contributed by atoms with van der Waals surface area (Å²) < 4.78 is 5.00. The fraction of sp³-hybridized carbons (Fsp3) is 0.320. The Morgan fingerprint density at radius 1 is 0.903 bits per heavy atom. The lowest BCUT2D eigenvalue weighted by Gasteiger charge is -2.24. The van der Waals surface area contributed by atoms with Crippen molar-refractivity contribution < 1.29 is 0 Å². The number of hydrogen-bond donors (Lipinski definition) is 0. The van der Waals surface area contributed by atoms with Gasteiger partial charge in [-0.3, -0.25) is 9.36 Å². The molecule has 1 fully saturated rings. The molecular formula is C25H26N4O2. The smallest absolute Gasteiger partial charge is 0.317 e. The van der Waals surface area contributed by atoms with Crippen molar-refractivity contribution in [2.45, 2.75) is 51.1 Å². The molecule has 1 aliphatic carbocycles. The standard InChI is InChI=1S/C25H26N4O2/c1-18(19-11-5-2-6-12-19)27-17-26-23-22(27)24(30)29(21-15-9-4-10-16-21)25(31)28(23)20-13-7-3-8-14-20/h2-3,5-8,11-14,17-18,21H,4,9-10,15-16H2,1H3. The summed E-state index contributed by atoms with van der Waals surface area (Å²) in [5, 5.41) is 0. The molecule has 0 N–H and O–H groups in total. The van der Waals surface area contributed by atoms with E-state index in [4.69, 9.17) is 0 Å². The van der Waals surface area contributed by atoms with Crippen molar-refractivity contribution in [2.24, 2.45) is 0 Å². The maximum atomic E-state index is 13.7. The van der Waals surface area contributed by atoms with E-state index in [2.05, 4.69) is 11.9 Å². The quantitative estimate of drug-likeness (QED) is 0.495. The van der Waals surface area contributed by atoms with Crippen LogP contribution < -0.4 is 11.2 Å². The summed E-state index contributed by atoms with van der Waals surface area (Å²) in [4.78, 5) is 31.9. The summed E-state index contributed by atoms with van der Waals surface area (Å²) in [5.74, 6) is 0. The highest BCUT2D eigenvalue weighted by atomic mass is 16.2. The Morgan fingerprint density at radius 2 is 1.55 bits per heavy atom. The molecule has 1 saturated carbocycles. The number of nitrogens with zero attached hydrogens (tertiary/aromatic N) is 4. The number of rotatable bonds is 4. The normalized spacial score (nSPS) is 15.9. The summed E-state index contributed by atoms with van der Waals surface area (Å²) in [6.07, 6.45) is 6.64. The molecule has 6 nitrogen and oxygen atoms in total. The Hall–Kier alpha value is -3.41. The van der Waals surface area contributed by atoms with Gasteiger partial charge in [0.1, 0.15) is 0 Å². The van der Waals surface area contributed by atoms with Crippen molar-refractivity contribution in [3.05, 3.63) is 93.4 Å². The van der Waals surface area contributed by atoms with Gasteiger partial charge in [-0.15, -0.1) is 0 Å². The van der Waals surface area contributed by atoms with Crippen LogP contribution in [-0.2, 0) is 0 Å². The minimum atomic E-state index is -0.298. The molecule has 0 saturated heterocycles. The Morgan fingerprint density at radius 3 is 2.23 bits per heavy atom. The number of fused-ring (bicyclic) bond motifs is 1. The molecule has 0 bridgehead atoms. The van der Waals surface area contributed by atoms with E-state index in [-0.39, 0.29) is 23.3 Å². The molecule has 1 atom stereocenters. The van der Waals surface area contributed by atoms with E-state index >= 15 is 0 Å². The molecule has 0 radical (unpaired) electrons. The van der Waals surface area contributed by atoms with Crippen LogP contribution in [0, 0.1) is 0 Å². The zero-order valence-corrected chi connectivity index (χ0v) is 17.6. The average molecular weight is 415 g/mol. The lowest BCUT2D eigenvalue weighted by Crippen LogP contribution is -2.43. The van der Waals surface area contributed by atoms with Crippen LogP contribution in [0.2, 0.25) is 0 Å². The van der Waals surface area contributed by atoms with Gasteiger partial charge < -0.3 is 4.57 Å². The van der Waals surface area contributed by atoms with Gasteiger partial charge in [-0.25, -0.2) is 14.3 Å². The highest BCUT2D eigenvalue weighted by Gasteiger charge is 2.26. The fourth-order valence-electron chi connectivity index (χ4n) is 4.78. The van der Waals surface area contributed by atoms with Gasteiger partial charge in [0.15, 0.2) is 11.2 Å². The third-order valence-electron chi connectivity index (χ3n) is 6.46. The molecule has 2 aromatic heterocycles. The molecular weight excluding hydrogens is 388 g/mol.